The summed E-state index contributed by atoms with van der Waals surface area (Å²) < 4.78 is 32.7. The fourth-order valence-electron chi connectivity index (χ4n) is 2.11. The van der Waals surface area contributed by atoms with Crippen molar-refractivity contribution in [2.24, 2.45) is 0 Å². The van der Waals surface area contributed by atoms with E-state index in [1.54, 1.807) is 18.3 Å². The monoisotopic (exact) mass is 360 g/mol. The highest BCUT2D eigenvalue weighted by atomic mass is 32.2. The summed E-state index contributed by atoms with van der Waals surface area (Å²) in [6.45, 7) is 2.41. The molecule has 0 radical (unpaired) electrons. The first-order valence-electron chi connectivity index (χ1n) is 7.35. The maximum Gasteiger partial charge on any atom is 0.263 e. The zero-order chi connectivity index (χ0) is 17.0. The molecule has 0 amide bonds. The Bertz CT molecular complexity index is 905. The first kappa shape index (κ1) is 16.5. The van der Waals surface area contributed by atoms with Crippen molar-refractivity contribution in [1.82, 2.24) is 4.98 Å². The van der Waals surface area contributed by atoms with E-state index in [-0.39, 0.29) is 4.90 Å². The van der Waals surface area contributed by atoms with Crippen LogP contribution in [0.2, 0.25) is 0 Å². The summed E-state index contributed by atoms with van der Waals surface area (Å²) in [5.41, 5.74) is 1.00. The highest BCUT2D eigenvalue weighted by Gasteiger charge is 2.16. The lowest BCUT2D eigenvalue weighted by Crippen LogP contribution is -2.12. The minimum atomic E-state index is -3.67. The summed E-state index contributed by atoms with van der Waals surface area (Å²) in [6.07, 6.45) is 1.66. The molecule has 3 rings (SSSR count). The van der Waals surface area contributed by atoms with Gasteiger partial charge in [-0.05, 0) is 36.8 Å². The highest BCUT2D eigenvalue weighted by Crippen LogP contribution is 2.30. The number of sulfonamides is 1. The number of anilines is 1. The van der Waals surface area contributed by atoms with Crippen LogP contribution in [0.1, 0.15) is 6.92 Å². The Morgan fingerprint density at radius 2 is 1.79 bits per heavy atom. The molecule has 0 aliphatic carbocycles. The van der Waals surface area contributed by atoms with Gasteiger partial charge >= 0.3 is 0 Å². The average molecular weight is 360 g/mol. The van der Waals surface area contributed by atoms with E-state index in [0.29, 0.717) is 17.5 Å². The normalized spacial score (nSPS) is 11.2. The van der Waals surface area contributed by atoms with Gasteiger partial charge in [0.2, 0.25) is 0 Å². The lowest BCUT2D eigenvalue weighted by atomic mass is 10.2. The van der Waals surface area contributed by atoms with Gasteiger partial charge in [-0.25, -0.2) is 13.4 Å². The first-order valence-corrected chi connectivity index (χ1v) is 9.65. The van der Waals surface area contributed by atoms with Gasteiger partial charge in [-0.15, -0.1) is 0 Å². The van der Waals surface area contributed by atoms with E-state index in [9.17, 15) is 8.42 Å². The van der Waals surface area contributed by atoms with Crippen molar-refractivity contribution in [2.75, 3.05) is 11.3 Å². The van der Waals surface area contributed by atoms with E-state index in [1.807, 2.05) is 37.3 Å². The molecule has 124 valence electrons. The van der Waals surface area contributed by atoms with Crippen LogP contribution in [0, 0.1) is 0 Å². The second-order valence-electron chi connectivity index (χ2n) is 4.91. The van der Waals surface area contributed by atoms with Crippen LogP contribution in [0.3, 0.4) is 0 Å². The minimum Gasteiger partial charge on any atom is -0.494 e. The van der Waals surface area contributed by atoms with E-state index in [2.05, 4.69) is 9.71 Å². The van der Waals surface area contributed by atoms with Crippen LogP contribution < -0.4 is 9.46 Å². The number of nitrogens with zero attached hydrogens (tertiary/aromatic N) is 1. The van der Waals surface area contributed by atoms with Crippen molar-refractivity contribution < 1.29 is 13.2 Å². The van der Waals surface area contributed by atoms with Crippen LogP contribution in [0.25, 0.3) is 10.4 Å². The molecule has 0 saturated heterocycles. The van der Waals surface area contributed by atoms with Gasteiger partial charge in [0.1, 0.15) is 5.75 Å². The summed E-state index contributed by atoms with van der Waals surface area (Å²) in [7, 11) is -3.67. The molecule has 3 aromatic rings. The molecule has 0 unspecified atom stereocenters. The summed E-state index contributed by atoms with van der Waals surface area (Å²) in [5.74, 6) is 0.636. The molecule has 7 heteroatoms. The van der Waals surface area contributed by atoms with Gasteiger partial charge in [-0.2, -0.15) is 0 Å². The third-order valence-electron chi connectivity index (χ3n) is 3.23. The van der Waals surface area contributed by atoms with Gasteiger partial charge in [0, 0.05) is 6.20 Å². The zero-order valence-electron chi connectivity index (χ0n) is 13.0. The second kappa shape index (κ2) is 7.02. The molecule has 1 heterocycles. The van der Waals surface area contributed by atoms with Gasteiger partial charge in [-0.1, -0.05) is 41.7 Å². The second-order valence-corrected chi connectivity index (χ2v) is 7.62. The number of benzene rings is 2. The maximum absolute atomic E-state index is 12.4. The third-order valence-corrected chi connectivity index (χ3v) is 5.68. The van der Waals surface area contributed by atoms with Crippen LogP contribution in [0.15, 0.2) is 65.7 Å². The lowest BCUT2D eigenvalue weighted by Gasteiger charge is -2.07. The standard InChI is InChI=1S/C17H16N2O3S2/c1-2-22-14-8-10-15(11-9-14)24(20,21)19-17-18-12-16(23-17)13-6-4-3-5-7-13/h3-12H,2H2,1H3,(H,18,19). The van der Waals surface area contributed by atoms with E-state index in [1.165, 1.54) is 23.5 Å². The molecule has 0 bridgehead atoms. The van der Waals surface area contributed by atoms with Crippen molar-refractivity contribution in [2.45, 2.75) is 11.8 Å². The van der Waals surface area contributed by atoms with Crippen LogP contribution in [-0.2, 0) is 10.0 Å². The zero-order valence-corrected chi connectivity index (χ0v) is 14.6. The summed E-state index contributed by atoms with van der Waals surface area (Å²) >= 11 is 1.29. The van der Waals surface area contributed by atoms with Gasteiger partial charge < -0.3 is 4.74 Å². The SMILES string of the molecule is CCOc1ccc(S(=O)(=O)Nc2ncc(-c3ccccc3)s2)cc1. The Hall–Kier alpha value is -2.38. The number of aromatic nitrogens is 1. The van der Waals surface area contributed by atoms with Gasteiger partial charge in [0.05, 0.1) is 16.4 Å². The van der Waals surface area contributed by atoms with E-state index in [0.717, 1.165) is 10.4 Å². The number of thiazole rings is 1. The van der Waals surface area contributed by atoms with Gasteiger partial charge in [0.25, 0.3) is 10.0 Å². The number of hydrogen-bond acceptors (Lipinski definition) is 5. The van der Waals surface area contributed by atoms with Crippen molar-refractivity contribution >= 4 is 26.5 Å². The Morgan fingerprint density at radius 3 is 2.46 bits per heavy atom. The summed E-state index contributed by atoms with van der Waals surface area (Å²) in [5, 5.41) is 0.336. The van der Waals surface area contributed by atoms with Gasteiger partial charge in [0.15, 0.2) is 5.13 Å². The molecule has 1 aromatic heterocycles. The number of ether oxygens (including phenoxy) is 1. The van der Waals surface area contributed by atoms with Crippen LogP contribution >= 0.6 is 11.3 Å². The quantitative estimate of drug-likeness (QED) is 0.721. The molecule has 1 N–H and O–H groups in total. The number of hydrogen-bond donors (Lipinski definition) is 1. The summed E-state index contributed by atoms with van der Waals surface area (Å²) in [6, 6.07) is 16.0. The van der Waals surface area contributed by atoms with Crippen molar-refractivity contribution in [1.29, 1.82) is 0 Å². The molecule has 0 aliphatic rings. The Morgan fingerprint density at radius 1 is 1.08 bits per heavy atom. The van der Waals surface area contributed by atoms with E-state index in [4.69, 9.17) is 4.74 Å². The minimum absolute atomic E-state index is 0.169. The van der Waals surface area contributed by atoms with Crippen LogP contribution in [0.5, 0.6) is 5.75 Å². The largest absolute Gasteiger partial charge is 0.494 e. The Labute approximate surface area is 145 Å². The molecule has 24 heavy (non-hydrogen) atoms. The molecule has 0 saturated carbocycles. The molecule has 2 aromatic carbocycles. The van der Waals surface area contributed by atoms with Crippen molar-refractivity contribution in [3.63, 3.8) is 0 Å². The predicted octanol–water partition coefficient (Wildman–Crippen LogP) is 4.01. The fraction of sp³-hybridized carbons (Fsp3) is 0.118. The Balaban J connectivity index is 1.78. The molecule has 0 spiro atoms. The highest BCUT2D eigenvalue weighted by molar-refractivity contribution is 7.93. The van der Waals surface area contributed by atoms with Crippen LogP contribution in [-0.4, -0.2) is 20.0 Å². The Kier molecular flexibility index (Phi) is 4.82. The van der Waals surface area contributed by atoms with Crippen LogP contribution in [0.4, 0.5) is 5.13 Å². The van der Waals surface area contributed by atoms with Crippen molar-refractivity contribution in [3.8, 4) is 16.2 Å². The fourth-order valence-corrected chi connectivity index (χ4v) is 4.18. The molecular formula is C17H16N2O3S2. The molecule has 5 nitrogen and oxygen atoms in total. The third kappa shape index (κ3) is 3.74. The number of nitrogens with one attached hydrogen (secondary N) is 1. The predicted molar refractivity (Wildman–Crippen MR) is 96.0 cm³/mol. The maximum atomic E-state index is 12.4. The smallest absolute Gasteiger partial charge is 0.263 e. The average Bonchev–Trinajstić information content (AvgIpc) is 3.04. The molecule has 0 aliphatic heterocycles. The summed E-state index contributed by atoms with van der Waals surface area (Å²) in [4.78, 5) is 5.23. The molecule has 0 atom stereocenters. The molecule has 0 fully saturated rings. The van der Waals surface area contributed by atoms with Gasteiger partial charge in [-0.3, -0.25) is 4.72 Å². The van der Waals surface area contributed by atoms with E-state index >= 15 is 0 Å². The first-order chi connectivity index (χ1) is 11.6. The van der Waals surface area contributed by atoms with E-state index < -0.39 is 10.0 Å². The van der Waals surface area contributed by atoms with Crippen molar-refractivity contribution in [3.05, 3.63) is 60.8 Å². The topological polar surface area (TPSA) is 68.3 Å². The lowest BCUT2D eigenvalue weighted by molar-refractivity contribution is 0.340. The number of rotatable bonds is 6. The molecular weight excluding hydrogens is 344 g/mol.